The second kappa shape index (κ2) is 6.45. The molecule has 11 heteroatoms. The summed E-state index contributed by atoms with van der Waals surface area (Å²) in [5.74, 6) is -1.26. The van der Waals surface area contributed by atoms with Gasteiger partial charge in [-0.1, -0.05) is 0 Å². The minimum absolute atomic E-state index is 0.0357. The molecule has 2 N–H and O–H groups in total. The lowest BCUT2D eigenvalue weighted by molar-refractivity contribution is -0.384. The zero-order chi connectivity index (χ0) is 18.6. The van der Waals surface area contributed by atoms with Crippen LogP contribution in [-0.4, -0.2) is 16.7 Å². The third-order valence-electron chi connectivity index (χ3n) is 3.57. The molecule has 3 rings (SSSR count). The number of nitro groups is 1. The zero-order valence-corrected chi connectivity index (χ0v) is 18.2. The lowest BCUT2D eigenvalue weighted by Crippen LogP contribution is -2.30. The standard InChI is InChI=1S/C14H5Br4N3O4/c15-9-7-8(10(16)12(18)11(9)17)14(23)20(13(7)22)6-3-4(21(24)25)1-2-5(6)19/h1-3H,19H2. The van der Waals surface area contributed by atoms with E-state index in [4.69, 9.17) is 5.73 Å². The van der Waals surface area contributed by atoms with E-state index in [1.54, 1.807) is 0 Å². The van der Waals surface area contributed by atoms with Gasteiger partial charge in [0, 0.05) is 30.0 Å². The van der Waals surface area contributed by atoms with Gasteiger partial charge >= 0.3 is 0 Å². The van der Waals surface area contributed by atoms with Gasteiger partial charge in [0.15, 0.2) is 0 Å². The summed E-state index contributed by atoms with van der Waals surface area (Å²) >= 11 is 13.3. The number of carbonyl (C=O) groups excluding carboxylic acids is 2. The average Bonchev–Trinajstić information content (AvgIpc) is 2.82. The van der Waals surface area contributed by atoms with E-state index < -0.39 is 16.7 Å². The minimum atomic E-state index is -0.632. The number of benzene rings is 2. The predicted octanol–water partition coefficient (Wildman–Crippen LogP) is 5.03. The molecule has 0 aliphatic carbocycles. The molecule has 1 heterocycles. The molecule has 0 saturated carbocycles. The van der Waals surface area contributed by atoms with Crippen LogP contribution in [0, 0.1) is 10.1 Å². The summed E-state index contributed by atoms with van der Waals surface area (Å²) in [6, 6.07) is 3.59. The fraction of sp³-hybridized carbons (Fsp3) is 0. The van der Waals surface area contributed by atoms with Crippen LogP contribution < -0.4 is 10.6 Å². The van der Waals surface area contributed by atoms with E-state index in [9.17, 15) is 19.7 Å². The summed E-state index contributed by atoms with van der Waals surface area (Å²) in [5, 5.41) is 11.0. The molecule has 128 valence electrons. The first-order valence-electron chi connectivity index (χ1n) is 6.45. The average molecular weight is 599 g/mol. The van der Waals surface area contributed by atoms with Crippen LogP contribution in [0.25, 0.3) is 0 Å². The van der Waals surface area contributed by atoms with Crippen LogP contribution in [0.4, 0.5) is 17.1 Å². The molecule has 0 aromatic heterocycles. The summed E-state index contributed by atoms with van der Waals surface area (Å²) in [5.41, 5.74) is 5.89. The van der Waals surface area contributed by atoms with Crippen LogP contribution in [0.3, 0.4) is 0 Å². The Labute approximate surface area is 174 Å². The topological polar surface area (TPSA) is 107 Å². The number of fused-ring (bicyclic) bond motifs is 1. The number of non-ortho nitro benzene ring substituents is 1. The molecule has 2 aromatic carbocycles. The Hall–Kier alpha value is -1.30. The Morgan fingerprint density at radius 1 is 0.920 bits per heavy atom. The first-order chi connectivity index (χ1) is 11.7. The van der Waals surface area contributed by atoms with Gasteiger partial charge in [-0.15, -0.1) is 0 Å². The van der Waals surface area contributed by atoms with Crippen LogP contribution in [0.5, 0.6) is 0 Å². The molecule has 0 atom stereocenters. The molecular formula is C14H5Br4N3O4. The molecule has 0 saturated heterocycles. The number of hydrogen-bond acceptors (Lipinski definition) is 5. The number of imide groups is 1. The van der Waals surface area contributed by atoms with Crippen LogP contribution in [-0.2, 0) is 0 Å². The largest absolute Gasteiger partial charge is 0.397 e. The van der Waals surface area contributed by atoms with Gasteiger partial charge in [-0.2, -0.15) is 0 Å². The van der Waals surface area contributed by atoms with Crippen LogP contribution in [0.15, 0.2) is 36.1 Å². The quantitative estimate of drug-likeness (QED) is 0.130. The Morgan fingerprint density at radius 3 is 1.84 bits per heavy atom. The van der Waals surface area contributed by atoms with E-state index in [0.29, 0.717) is 17.9 Å². The number of rotatable bonds is 2. The molecule has 0 radical (unpaired) electrons. The van der Waals surface area contributed by atoms with Gasteiger partial charge in [-0.05, 0) is 69.8 Å². The van der Waals surface area contributed by atoms with Crippen molar-refractivity contribution in [3.8, 4) is 0 Å². The molecule has 25 heavy (non-hydrogen) atoms. The normalized spacial score (nSPS) is 13.4. The summed E-state index contributed by atoms with van der Waals surface area (Å²) in [6.07, 6.45) is 0. The highest BCUT2D eigenvalue weighted by atomic mass is 79.9. The highest BCUT2D eigenvalue weighted by Crippen LogP contribution is 2.46. The van der Waals surface area contributed by atoms with Gasteiger partial charge in [0.05, 0.1) is 27.4 Å². The van der Waals surface area contributed by atoms with E-state index in [-0.39, 0.29) is 28.2 Å². The molecule has 0 bridgehead atoms. The predicted molar refractivity (Wildman–Crippen MR) is 106 cm³/mol. The summed E-state index contributed by atoms with van der Waals surface area (Å²) < 4.78 is 1.88. The van der Waals surface area contributed by atoms with Crippen molar-refractivity contribution in [3.05, 3.63) is 57.3 Å². The Bertz CT molecular complexity index is 946. The lowest BCUT2D eigenvalue weighted by atomic mass is 10.1. The van der Waals surface area contributed by atoms with Crippen molar-refractivity contribution in [2.75, 3.05) is 10.6 Å². The number of halogens is 4. The number of nitrogens with zero attached hydrogens (tertiary/aromatic N) is 2. The fourth-order valence-corrected chi connectivity index (χ4v) is 4.86. The second-order valence-electron chi connectivity index (χ2n) is 4.95. The van der Waals surface area contributed by atoms with Crippen LogP contribution in [0.2, 0.25) is 0 Å². The van der Waals surface area contributed by atoms with Gasteiger partial charge in [0.25, 0.3) is 17.5 Å². The smallest absolute Gasteiger partial charge is 0.271 e. The van der Waals surface area contributed by atoms with Crippen molar-refractivity contribution in [2.24, 2.45) is 0 Å². The molecule has 0 fully saturated rings. The summed E-state index contributed by atoms with van der Waals surface area (Å²) in [7, 11) is 0. The van der Waals surface area contributed by atoms with E-state index in [2.05, 4.69) is 63.7 Å². The number of amides is 2. The van der Waals surface area contributed by atoms with Gasteiger partial charge in [0.1, 0.15) is 0 Å². The molecule has 1 aliphatic rings. The summed E-state index contributed by atoms with van der Waals surface area (Å²) in [4.78, 5) is 37.0. The lowest BCUT2D eigenvalue weighted by Gasteiger charge is -2.16. The molecule has 0 spiro atoms. The van der Waals surface area contributed by atoms with Crippen molar-refractivity contribution in [2.45, 2.75) is 0 Å². The number of hydrogen-bond donors (Lipinski definition) is 1. The van der Waals surface area contributed by atoms with Gasteiger partial charge in [0.2, 0.25) is 0 Å². The maximum absolute atomic E-state index is 12.9. The van der Waals surface area contributed by atoms with Crippen LogP contribution in [0.1, 0.15) is 20.7 Å². The van der Waals surface area contributed by atoms with E-state index in [1.165, 1.54) is 12.1 Å². The third kappa shape index (κ3) is 2.73. The first-order valence-corrected chi connectivity index (χ1v) is 9.62. The van der Waals surface area contributed by atoms with Crippen molar-refractivity contribution < 1.29 is 14.5 Å². The minimum Gasteiger partial charge on any atom is -0.397 e. The highest BCUT2D eigenvalue weighted by Gasteiger charge is 2.42. The molecule has 7 nitrogen and oxygen atoms in total. The number of nitrogen functional groups attached to an aromatic ring is 1. The van der Waals surface area contributed by atoms with Crippen molar-refractivity contribution >= 4 is 92.6 Å². The van der Waals surface area contributed by atoms with Crippen LogP contribution >= 0.6 is 63.7 Å². The Balaban J connectivity index is 2.26. The Kier molecular flexibility index (Phi) is 4.77. The van der Waals surface area contributed by atoms with Gasteiger partial charge < -0.3 is 5.73 Å². The van der Waals surface area contributed by atoms with E-state index >= 15 is 0 Å². The van der Waals surface area contributed by atoms with E-state index in [0.717, 1.165) is 11.0 Å². The molecular weight excluding hydrogens is 594 g/mol. The van der Waals surface area contributed by atoms with Crippen molar-refractivity contribution in [1.82, 2.24) is 0 Å². The molecule has 0 unspecified atom stereocenters. The summed E-state index contributed by atoms with van der Waals surface area (Å²) in [6.45, 7) is 0. The van der Waals surface area contributed by atoms with Gasteiger partial charge in [-0.25, -0.2) is 4.90 Å². The molecule has 1 aliphatic heterocycles. The molecule has 2 aromatic rings. The number of nitro benzene ring substituents is 1. The molecule has 2 amide bonds. The zero-order valence-electron chi connectivity index (χ0n) is 11.8. The Morgan fingerprint density at radius 2 is 1.40 bits per heavy atom. The highest BCUT2D eigenvalue weighted by molar-refractivity contribution is 9.15. The number of nitrogens with two attached hydrogens (primary N) is 1. The SMILES string of the molecule is Nc1ccc([N+](=O)[O-])cc1N1C(=O)c2c(Br)c(Br)c(Br)c(Br)c2C1=O. The van der Waals surface area contributed by atoms with Gasteiger partial charge in [-0.3, -0.25) is 19.7 Å². The van der Waals surface area contributed by atoms with E-state index in [1.807, 2.05) is 0 Å². The van der Waals surface area contributed by atoms with Crippen molar-refractivity contribution in [1.29, 1.82) is 0 Å². The maximum atomic E-state index is 12.9. The third-order valence-corrected chi connectivity index (χ3v) is 8.33. The second-order valence-corrected chi connectivity index (χ2v) is 8.12. The monoisotopic (exact) mass is 595 g/mol. The fourth-order valence-electron chi connectivity index (χ4n) is 2.41. The van der Waals surface area contributed by atoms with Crippen molar-refractivity contribution in [3.63, 3.8) is 0 Å². The number of carbonyl (C=O) groups is 2. The number of anilines is 2. The first kappa shape index (κ1) is 18.5. The maximum Gasteiger partial charge on any atom is 0.271 e.